The summed E-state index contributed by atoms with van der Waals surface area (Å²) >= 11 is 0. The maximum atomic E-state index is 15.6. The van der Waals surface area contributed by atoms with Crippen LogP contribution in [0.1, 0.15) is 59.6 Å². The van der Waals surface area contributed by atoms with E-state index in [0.29, 0.717) is 23.4 Å². The molecular weight excluding hydrogens is 597 g/mol. The molecule has 46 heavy (non-hydrogen) atoms. The van der Waals surface area contributed by atoms with Gasteiger partial charge in [0.2, 0.25) is 5.88 Å². The summed E-state index contributed by atoms with van der Waals surface area (Å²) in [7, 11) is 0. The number of ether oxygens (including phenoxy) is 2. The molecule has 1 saturated heterocycles. The van der Waals surface area contributed by atoms with Gasteiger partial charge in [0.15, 0.2) is 0 Å². The third-order valence-electron chi connectivity index (χ3n) is 8.06. The van der Waals surface area contributed by atoms with Gasteiger partial charge >= 0.3 is 5.97 Å². The molecule has 0 saturated carbocycles. The van der Waals surface area contributed by atoms with E-state index in [1.54, 1.807) is 12.1 Å². The van der Waals surface area contributed by atoms with Crippen molar-refractivity contribution in [2.24, 2.45) is 0 Å². The summed E-state index contributed by atoms with van der Waals surface area (Å²) in [4.78, 5) is 20.6. The van der Waals surface area contributed by atoms with Crippen LogP contribution in [0, 0.1) is 28.8 Å². The number of fused-ring (bicyclic) bond motifs is 1. The number of hydrogen-bond acceptors (Lipinski definition) is 6. The minimum atomic E-state index is -1.08. The van der Waals surface area contributed by atoms with Crippen molar-refractivity contribution < 1.29 is 32.5 Å². The van der Waals surface area contributed by atoms with Crippen molar-refractivity contribution >= 4 is 17.0 Å². The third kappa shape index (κ3) is 6.43. The zero-order valence-corrected chi connectivity index (χ0v) is 25.1. The molecule has 0 spiro atoms. The molecule has 0 aliphatic carbocycles. The third-order valence-corrected chi connectivity index (χ3v) is 8.06. The lowest BCUT2D eigenvalue weighted by molar-refractivity contribution is -0.0215. The van der Waals surface area contributed by atoms with E-state index in [1.165, 1.54) is 36.4 Å². The number of hydrogen-bond donors (Lipinski definition) is 1. The quantitative estimate of drug-likeness (QED) is 0.184. The molecule has 1 aliphatic rings. The van der Waals surface area contributed by atoms with E-state index in [-0.39, 0.29) is 64.1 Å². The smallest absolute Gasteiger partial charge is 0.335 e. The molecule has 5 aromatic rings. The Bertz CT molecular complexity index is 2020. The van der Waals surface area contributed by atoms with Gasteiger partial charge in [0, 0.05) is 23.6 Å². The van der Waals surface area contributed by atoms with Gasteiger partial charge in [-0.1, -0.05) is 12.1 Å². The van der Waals surface area contributed by atoms with Crippen molar-refractivity contribution in [3.05, 3.63) is 112 Å². The first-order valence-electron chi connectivity index (χ1n) is 14.7. The first-order valence-corrected chi connectivity index (χ1v) is 14.7. The fraction of sp³-hybridized carbons (Fsp3) is 0.257. The van der Waals surface area contributed by atoms with Gasteiger partial charge in [-0.05, 0) is 80.8 Å². The lowest BCUT2D eigenvalue weighted by Gasteiger charge is -2.20. The molecule has 0 unspecified atom stereocenters. The Morgan fingerprint density at radius 2 is 1.85 bits per heavy atom. The van der Waals surface area contributed by atoms with Crippen molar-refractivity contribution in [3.63, 3.8) is 0 Å². The number of halogens is 3. The van der Waals surface area contributed by atoms with Crippen LogP contribution in [0.3, 0.4) is 0 Å². The highest BCUT2D eigenvalue weighted by molar-refractivity contribution is 5.92. The number of pyridine rings is 1. The molecule has 0 bridgehead atoms. The molecule has 1 aliphatic heterocycles. The first kappa shape index (κ1) is 30.8. The molecule has 1 fully saturated rings. The van der Waals surface area contributed by atoms with Crippen molar-refractivity contribution in [2.45, 2.75) is 58.0 Å². The summed E-state index contributed by atoms with van der Waals surface area (Å²) in [6, 6.07) is 17.2. The molecule has 2 aromatic heterocycles. The van der Waals surface area contributed by atoms with Crippen LogP contribution in [-0.2, 0) is 24.3 Å². The van der Waals surface area contributed by atoms with E-state index in [0.717, 1.165) is 31.0 Å². The minimum Gasteiger partial charge on any atom is -0.478 e. The average molecular weight is 627 g/mol. The summed E-state index contributed by atoms with van der Waals surface area (Å²) in [5, 5.41) is 18.5. The van der Waals surface area contributed by atoms with Gasteiger partial charge < -0.3 is 19.1 Å². The fourth-order valence-corrected chi connectivity index (χ4v) is 5.68. The van der Waals surface area contributed by atoms with Gasteiger partial charge in [-0.15, -0.1) is 0 Å². The van der Waals surface area contributed by atoms with E-state index < -0.39 is 23.4 Å². The van der Waals surface area contributed by atoms with Gasteiger partial charge in [0.1, 0.15) is 29.9 Å². The second-order valence-electron chi connectivity index (χ2n) is 11.9. The van der Waals surface area contributed by atoms with Gasteiger partial charge in [-0.2, -0.15) is 5.26 Å². The summed E-state index contributed by atoms with van der Waals surface area (Å²) in [5.74, 6) is -2.54. The van der Waals surface area contributed by atoms with Gasteiger partial charge in [-0.3, -0.25) is 0 Å². The number of rotatable bonds is 9. The van der Waals surface area contributed by atoms with E-state index in [1.807, 2.05) is 24.5 Å². The summed E-state index contributed by atoms with van der Waals surface area (Å²) in [6.07, 6.45) is 1.44. The second kappa shape index (κ2) is 12.3. The topological polar surface area (TPSA) is 110 Å². The highest BCUT2D eigenvalue weighted by Crippen LogP contribution is 2.33. The van der Waals surface area contributed by atoms with E-state index >= 15 is 8.78 Å². The number of nitrogens with zero attached hydrogens (tertiary/aromatic N) is 4. The maximum Gasteiger partial charge on any atom is 0.335 e. The number of aromatic nitrogens is 3. The Morgan fingerprint density at radius 3 is 2.57 bits per heavy atom. The lowest BCUT2D eigenvalue weighted by Crippen LogP contribution is -2.23. The van der Waals surface area contributed by atoms with Crippen molar-refractivity contribution in [1.82, 2.24) is 14.5 Å². The highest BCUT2D eigenvalue weighted by Gasteiger charge is 2.32. The molecule has 3 aromatic carbocycles. The molecule has 1 atom stereocenters. The summed E-state index contributed by atoms with van der Waals surface area (Å²) < 4.78 is 59.0. The number of carboxylic acid groups (broad SMARTS) is 1. The van der Waals surface area contributed by atoms with E-state index in [9.17, 15) is 14.3 Å². The van der Waals surface area contributed by atoms with Crippen molar-refractivity contribution in [3.8, 4) is 23.2 Å². The minimum absolute atomic E-state index is 0.0526. The van der Waals surface area contributed by atoms with Gasteiger partial charge in [0.05, 0.1) is 52.2 Å². The number of benzene rings is 3. The zero-order chi connectivity index (χ0) is 32.6. The van der Waals surface area contributed by atoms with Crippen LogP contribution < -0.4 is 4.74 Å². The Morgan fingerprint density at radius 1 is 1.04 bits per heavy atom. The lowest BCUT2D eigenvalue weighted by atomic mass is 10.0. The number of imidazole rings is 1. The van der Waals surface area contributed by atoms with Crippen LogP contribution in [0.4, 0.5) is 13.2 Å². The molecule has 8 nitrogen and oxygen atoms in total. The van der Waals surface area contributed by atoms with Gasteiger partial charge in [0.25, 0.3) is 0 Å². The maximum absolute atomic E-state index is 15.6. The van der Waals surface area contributed by atoms with Gasteiger partial charge in [-0.25, -0.2) is 27.9 Å². The fourth-order valence-electron chi connectivity index (χ4n) is 5.68. The van der Waals surface area contributed by atoms with E-state index in [2.05, 4.69) is 9.97 Å². The standard InChI is InChI=1S/C35H29F3N4O4/c1-35(2)11-10-24(46-35)18-42-31-14-21(34(43)44)8-9-30(31)40-32(42)15-23-13-28(38)25(16-27(23)37)29-4-3-5-33(41-29)45-19-22-7-6-20(17-39)12-26(22)36/h3-9,12-14,16,24H,10-11,15,18-19H2,1-2H3,(H,43,44)/t24-/m1/s1. The average Bonchev–Trinajstić information content (AvgIpc) is 3.55. The number of aromatic carboxylic acids is 1. The Kier molecular flexibility index (Phi) is 8.23. The molecule has 234 valence electrons. The zero-order valence-electron chi connectivity index (χ0n) is 25.1. The van der Waals surface area contributed by atoms with E-state index in [4.69, 9.17) is 14.7 Å². The highest BCUT2D eigenvalue weighted by atomic mass is 19.1. The molecule has 6 rings (SSSR count). The number of carbonyl (C=O) groups is 1. The van der Waals surface area contributed by atoms with Crippen LogP contribution in [0.15, 0.2) is 66.7 Å². The number of nitriles is 1. The molecule has 11 heteroatoms. The molecule has 1 N–H and O–H groups in total. The Hall–Kier alpha value is -5.21. The van der Waals surface area contributed by atoms with Crippen LogP contribution in [-0.4, -0.2) is 37.3 Å². The summed E-state index contributed by atoms with van der Waals surface area (Å²) in [5.41, 5.74) is 1.39. The van der Waals surface area contributed by atoms with Crippen LogP contribution >= 0.6 is 0 Å². The molecule has 3 heterocycles. The van der Waals surface area contributed by atoms with Crippen LogP contribution in [0.2, 0.25) is 0 Å². The largest absolute Gasteiger partial charge is 0.478 e. The van der Waals surface area contributed by atoms with Crippen LogP contribution in [0.25, 0.3) is 22.3 Å². The Labute approximate surface area is 262 Å². The van der Waals surface area contributed by atoms with Crippen molar-refractivity contribution in [1.29, 1.82) is 5.26 Å². The second-order valence-corrected chi connectivity index (χ2v) is 11.9. The monoisotopic (exact) mass is 626 g/mol. The molecular formula is C35H29F3N4O4. The predicted molar refractivity (Wildman–Crippen MR) is 163 cm³/mol. The molecule has 0 radical (unpaired) electrons. The molecule has 0 amide bonds. The predicted octanol–water partition coefficient (Wildman–Crippen LogP) is 7.21. The first-order chi connectivity index (χ1) is 22.0. The van der Waals surface area contributed by atoms with Crippen LogP contribution in [0.5, 0.6) is 5.88 Å². The SMILES string of the molecule is CC1(C)CC[C@H](Cn2c(Cc3cc(F)c(-c4cccc(OCc5ccc(C#N)cc5F)n4)cc3F)nc3ccc(C(=O)O)cc32)O1. The Balaban J connectivity index is 1.27. The number of carboxylic acids is 1. The normalized spacial score (nSPS) is 15.6. The summed E-state index contributed by atoms with van der Waals surface area (Å²) in [6.45, 7) is 4.22. The van der Waals surface area contributed by atoms with Crippen molar-refractivity contribution in [2.75, 3.05) is 0 Å².